The molecular formula is C28H31ClFN. The van der Waals surface area contributed by atoms with Crippen molar-refractivity contribution in [2.24, 2.45) is 5.92 Å². The predicted octanol–water partition coefficient (Wildman–Crippen LogP) is 7.19. The molecule has 1 fully saturated rings. The third kappa shape index (κ3) is 6.53. The zero-order valence-electron chi connectivity index (χ0n) is 17.9. The Morgan fingerprint density at radius 2 is 1.35 bits per heavy atom. The molecule has 3 aromatic rings. The van der Waals surface area contributed by atoms with Gasteiger partial charge >= 0.3 is 0 Å². The average molecular weight is 436 g/mol. The zero-order chi connectivity index (χ0) is 20.6. The first kappa shape index (κ1) is 23.2. The normalized spacial score (nSPS) is 15.3. The van der Waals surface area contributed by atoms with E-state index in [2.05, 4.69) is 77.7 Å². The Labute approximate surface area is 192 Å². The van der Waals surface area contributed by atoms with Gasteiger partial charge in [-0.3, -0.25) is 0 Å². The fourth-order valence-corrected chi connectivity index (χ4v) is 4.62. The van der Waals surface area contributed by atoms with Crippen LogP contribution in [0, 0.1) is 11.7 Å². The Kier molecular flexibility index (Phi) is 8.87. The van der Waals surface area contributed by atoms with Crippen LogP contribution < -0.4 is 0 Å². The highest BCUT2D eigenvalue weighted by Gasteiger charge is 2.28. The quantitative estimate of drug-likeness (QED) is 0.379. The van der Waals surface area contributed by atoms with Gasteiger partial charge in [0.15, 0.2) is 0 Å². The third-order valence-corrected chi connectivity index (χ3v) is 6.21. The summed E-state index contributed by atoms with van der Waals surface area (Å²) in [6.45, 7) is 3.40. The molecule has 0 bridgehead atoms. The second-order valence-corrected chi connectivity index (χ2v) is 8.22. The lowest BCUT2D eigenvalue weighted by Gasteiger charge is -2.36. The van der Waals surface area contributed by atoms with Crippen molar-refractivity contribution >= 4 is 18.5 Å². The number of hydrogen-bond donors (Lipinski definition) is 0. The molecular weight excluding hydrogens is 405 g/mol. The van der Waals surface area contributed by atoms with Crippen molar-refractivity contribution in [3.63, 3.8) is 0 Å². The smallest absolute Gasteiger partial charge is 0.123 e. The van der Waals surface area contributed by atoms with E-state index in [9.17, 15) is 4.39 Å². The Morgan fingerprint density at radius 1 is 0.806 bits per heavy atom. The monoisotopic (exact) mass is 435 g/mol. The summed E-state index contributed by atoms with van der Waals surface area (Å²) in [4.78, 5) is 2.58. The van der Waals surface area contributed by atoms with Crippen molar-refractivity contribution in [3.8, 4) is 0 Å². The third-order valence-electron chi connectivity index (χ3n) is 6.21. The maximum atomic E-state index is 13.0. The Hall–Kier alpha value is -2.42. The number of hydrogen-bond acceptors (Lipinski definition) is 1. The highest BCUT2D eigenvalue weighted by atomic mass is 35.5. The van der Waals surface area contributed by atoms with E-state index in [0.717, 1.165) is 31.6 Å². The molecule has 1 heterocycles. The molecule has 4 rings (SSSR count). The molecule has 0 aromatic heterocycles. The zero-order valence-corrected chi connectivity index (χ0v) is 18.7. The first-order valence-electron chi connectivity index (χ1n) is 11.0. The molecule has 162 valence electrons. The molecule has 3 aromatic carbocycles. The number of halogens is 2. The highest BCUT2D eigenvalue weighted by Crippen LogP contribution is 2.37. The number of likely N-dealkylation sites (tertiary alicyclic amines) is 1. The summed E-state index contributed by atoms with van der Waals surface area (Å²) in [5, 5.41) is 0. The summed E-state index contributed by atoms with van der Waals surface area (Å²) in [5.41, 5.74) is 3.93. The Balaban J connectivity index is 0.00000272. The second kappa shape index (κ2) is 11.8. The van der Waals surface area contributed by atoms with E-state index >= 15 is 0 Å². The number of rotatable bonds is 7. The van der Waals surface area contributed by atoms with Crippen molar-refractivity contribution in [2.75, 3.05) is 19.6 Å². The first-order chi connectivity index (χ1) is 14.8. The van der Waals surface area contributed by atoms with Gasteiger partial charge in [0.25, 0.3) is 0 Å². The van der Waals surface area contributed by atoms with Gasteiger partial charge in [-0.15, -0.1) is 12.4 Å². The van der Waals surface area contributed by atoms with E-state index in [1.807, 2.05) is 12.1 Å². The Morgan fingerprint density at radius 3 is 1.90 bits per heavy atom. The van der Waals surface area contributed by atoms with Crippen molar-refractivity contribution in [1.82, 2.24) is 4.90 Å². The lowest BCUT2D eigenvalue weighted by Crippen LogP contribution is -2.36. The van der Waals surface area contributed by atoms with E-state index in [1.165, 1.54) is 36.1 Å². The second-order valence-electron chi connectivity index (χ2n) is 8.22. The summed E-state index contributed by atoms with van der Waals surface area (Å²) in [6, 6.07) is 28.7. The minimum Gasteiger partial charge on any atom is -0.303 e. The SMILES string of the molecule is Cl.Fc1ccc(/C=C/CCN2CCC(C(c3ccccc3)c3ccccc3)CC2)cc1. The van der Waals surface area contributed by atoms with Crippen molar-refractivity contribution in [2.45, 2.75) is 25.2 Å². The topological polar surface area (TPSA) is 3.24 Å². The summed E-state index contributed by atoms with van der Waals surface area (Å²) in [7, 11) is 0. The van der Waals surface area contributed by atoms with Crippen molar-refractivity contribution in [1.29, 1.82) is 0 Å². The lowest BCUT2D eigenvalue weighted by molar-refractivity contribution is 0.178. The first-order valence-corrected chi connectivity index (χ1v) is 11.0. The van der Waals surface area contributed by atoms with Crippen LogP contribution in [-0.2, 0) is 0 Å². The molecule has 0 atom stereocenters. The van der Waals surface area contributed by atoms with Gasteiger partial charge in [-0.1, -0.05) is 84.9 Å². The minimum atomic E-state index is -0.181. The van der Waals surface area contributed by atoms with Gasteiger partial charge in [-0.05, 0) is 67.1 Å². The molecule has 3 heteroatoms. The van der Waals surface area contributed by atoms with Crippen LogP contribution in [0.1, 0.15) is 41.9 Å². The van der Waals surface area contributed by atoms with Crippen LogP contribution in [0.2, 0.25) is 0 Å². The lowest BCUT2D eigenvalue weighted by atomic mass is 9.76. The maximum Gasteiger partial charge on any atom is 0.123 e. The highest BCUT2D eigenvalue weighted by molar-refractivity contribution is 5.85. The molecule has 0 saturated carbocycles. The summed E-state index contributed by atoms with van der Waals surface area (Å²) < 4.78 is 13.0. The van der Waals surface area contributed by atoms with Crippen LogP contribution in [-0.4, -0.2) is 24.5 Å². The summed E-state index contributed by atoms with van der Waals surface area (Å²) >= 11 is 0. The van der Waals surface area contributed by atoms with Gasteiger partial charge in [-0.25, -0.2) is 4.39 Å². The van der Waals surface area contributed by atoms with Crippen LogP contribution in [0.5, 0.6) is 0 Å². The molecule has 0 amide bonds. The van der Waals surface area contributed by atoms with Crippen molar-refractivity contribution < 1.29 is 4.39 Å². The van der Waals surface area contributed by atoms with Gasteiger partial charge in [-0.2, -0.15) is 0 Å². The molecule has 1 saturated heterocycles. The molecule has 0 spiro atoms. The summed E-state index contributed by atoms with van der Waals surface area (Å²) in [6.07, 6.45) is 7.79. The Bertz CT molecular complexity index is 877. The van der Waals surface area contributed by atoms with Crippen LogP contribution in [0.3, 0.4) is 0 Å². The minimum absolute atomic E-state index is 0. The van der Waals surface area contributed by atoms with Crippen LogP contribution >= 0.6 is 12.4 Å². The summed E-state index contributed by atoms with van der Waals surface area (Å²) in [5.74, 6) is 0.980. The maximum absolute atomic E-state index is 13.0. The van der Waals surface area contributed by atoms with E-state index in [4.69, 9.17) is 0 Å². The van der Waals surface area contributed by atoms with E-state index in [-0.39, 0.29) is 18.2 Å². The molecule has 1 nitrogen and oxygen atoms in total. The molecule has 31 heavy (non-hydrogen) atoms. The van der Waals surface area contributed by atoms with E-state index in [1.54, 1.807) is 0 Å². The molecule has 0 unspecified atom stereocenters. The van der Waals surface area contributed by atoms with Crippen LogP contribution in [0.25, 0.3) is 6.08 Å². The fraction of sp³-hybridized carbons (Fsp3) is 0.286. The molecule has 1 aliphatic heterocycles. The number of piperidine rings is 1. The van der Waals surface area contributed by atoms with Crippen LogP contribution in [0.4, 0.5) is 4.39 Å². The van der Waals surface area contributed by atoms with Gasteiger partial charge < -0.3 is 4.90 Å². The van der Waals surface area contributed by atoms with Crippen LogP contribution in [0.15, 0.2) is 91.0 Å². The molecule has 0 aliphatic carbocycles. The molecule has 1 aliphatic rings. The number of nitrogens with zero attached hydrogens (tertiary/aromatic N) is 1. The largest absolute Gasteiger partial charge is 0.303 e. The fourth-order valence-electron chi connectivity index (χ4n) is 4.62. The number of benzene rings is 3. The van der Waals surface area contributed by atoms with Gasteiger partial charge in [0, 0.05) is 12.5 Å². The van der Waals surface area contributed by atoms with Gasteiger partial charge in [0.2, 0.25) is 0 Å². The van der Waals surface area contributed by atoms with Crippen molar-refractivity contribution in [3.05, 3.63) is 114 Å². The van der Waals surface area contributed by atoms with E-state index in [0.29, 0.717) is 11.8 Å². The standard InChI is InChI=1S/C28H30FN.ClH/c29-27-16-14-23(15-17-27)9-7-8-20-30-21-18-26(19-22-30)28(24-10-3-1-4-11-24)25-12-5-2-6-13-25;/h1-7,9-17,26,28H,8,18-22H2;1H/b9-7+;. The molecule has 0 radical (unpaired) electrons. The average Bonchev–Trinajstić information content (AvgIpc) is 2.80. The van der Waals surface area contributed by atoms with Gasteiger partial charge in [0.05, 0.1) is 0 Å². The molecule has 0 N–H and O–H groups in total. The van der Waals surface area contributed by atoms with E-state index < -0.39 is 0 Å². The predicted molar refractivity (Wildman–Crippen MR) is 131 cm³/mol. The van der Waals surface area contributed by atoms with Gasteiger partial charge in [0.1, 0.15) is 5.82 Å².